The van der Waals surface area contributed by atoms with Gasteiger partial charge in [-0.3, -0.25) is 14.2 Å². The van der Waals surface area contributed by atoms with Crippen molar-refractivity contribution in [3.05, 3.63) is 94.8 Å². The van der Waals surface area contributed by atoms with Crippen LogP contribution in [-0.4, -0.2) is 44.6 Å². The molecule has 0 bridgehead atoms. The van der Waals surface area contributed by atoms with Gasteiger partial charge in [-0.15, -0.1) is 0 Å². The summed E-state index contributed by atoms with van der Waals surface area (Å²) in [5.74, 6) is 0.700. The molecule has 5 aromatic rings. The van der Waals surface area contributed by atoms with Gasteiger partial charge in [0.15, 0.2) is 0 Å². The van der Waals surface area contributed by atoms with E-state index in [2.05, 4.69) is 25.6 Å². The lowest BCUT2D eigenvalue weighted by Gasteiger charge is -2.21. The molecule has 0 fully saturated rings. The van der Waals surface area contributed by atoms with Crippen LogP contribution in [-0.2, 0) is 0 Å². The molecule has 5 rings (SSSR count). The molecule has 1 atom stereocenters. The van der Waals surface area contributed by atoms with Crippen LogP contribution in [0.1, 0.15) is 29.1 Å². The molecule has 39 heavy (non-hydrogen) atoms. The summed E-state index contributed by atoms with van der Waals surface area (Å²) in [5.41, 5.74) is 8.40. The van der Waals surface area contributed by atoms with E-state index >= 15 is 0 Å². The number of benzene rings is 2. The Morgan fingerprint density at radius 2 is 1.85 bits per heavy atom. The van der Waals surface area contributed by atoms with E-state index in [1.54, 1.807) is 30.0 Å². The second kappa shape index (κ2) is 10.6. The van der Waals surface area contributed by atoms with Gasteiger partial charge in [0.25, 0.3) is 11.5 Å². The summed E-state index contributed by atoms with van der Waals surface area (Å²) in [5, 5.41) is 6.23. The van der Waals surface area contributed by atoms with Crippen LogP contribution in [0.4, 0.5) is 11.8 Å². The van der Waals surface area contributed by atoms with Gasteiger partial charge in [-0.1, -0.05) is 30.3 Å². The Labute approximate surface area is 223 Å². The second-order valence-corrected chi connectivity index (χ2v) is 8.67. The molecule has 0 saturated heterocycles. The average molecular weight is 523 g/mol. The minimum Gasteiger partial charge on any atom is -0.481 e. The van der Waals surface area contributed by atoms with Crippen LogP contribution in [0.2, 0.25) is 0 Å². The molecule has 196 valence electrons. The molecule has 11 heteroatoms. The Balaban J connectivity index is 1.73. The van der Waals surface area contributed by atoms with Crippen molar-refractivity contribution in [2.75, 3.05) is 25.2 Å². The molecular formula is C28H26N8O3. The number of aromatic nitrogens is 5. The zero-order valence-corrected chi connectivity index (χ0v) is 21.5. The number of nitrogens with two attached hydrogens (primary N) is 1. The molecule has 0 radical (unpaired) electrons. The third-order valence-corrected chi connectivity index (χ3v) is 6.21. The lowest BCUT2D eigenvalue weighted by molar-refractivity contribution is 0.0963. The molecule has 0 aliphatic carbocycles. The van der Waals surface area contributed by atoms with Crippen molar-refractivity contribution in [2.24, 2.45) is 0 Å². The van der Waals surface area contributed by atoms with Crippen LogP contribution in [0.3, 0.4) is 0 Å². The van der Waals surface area contributed by atoms with Gasteiger partial charge in [0, 0.05) is 25.5 Å². The average Bonchev–Trinajstić information content (AvgIpc) is 2.97. The molecule has 4 N–H and O–H groups in total. The number of methoxy groups -OCH3 is 1. The highest BCUT2D eigenvalue weighted by Crippen LogP contribution is 2.29. The number of ether oxygens (including phenoxy) is 1. The van der Waals surface area contributed by atoms with E-state index < -0.39 is 6.04 Å². The Morgan fingerprint density at radius 3 is 2.59 bits per heavy atom. The van der Waals surface area contributed by atoms with Crippen LogP contribution in [0.25, 0.3) is 27.7 Å². The van der Waals surface area contributed by atoms with E-state index in [1.165, 1.54) is 13.2 Å². The standard InChI is InChI=1S/C28H26N8O3/c1-16(33-24-20(26(37)30-2)15-32-28(29)35-24)25-34-21-11-7-10-19(17-12-13-31-22(14-17)39-3)23(21)27(38)36(25)18-8-5-4-6-9-18/h4-16H,1-3H3,(H,30,37)(H3,29,32,33,35). The number of nitrogens with one attached hydrogen (secondary N) is 2. The predicted octanol–water partition coefficient (Wildman–Crippen LogP) is 3.36. The number of fused-ring (bicyclic) bond motifs is 1. The first-order valence-electron chi connectivity index (χ1n) is 12.1. The van der Waals surface area contributed by atoms with Gasteiger partial charge in [-0.25, -0.2) is 15.0 Å². The molecule has 11 nitrogen and oxygen atoms in total. The Kier molecular flexibility index (Phi) is 6.87. The SMILES string of the molecule is CNC(=O)c1cnc(N)nc1NC(C)c1nc2cccc(-c3ccnc(OC)c3)c2c(=O)n1-c1ccccc1. The molecular weight excluding hydrogens is 496 g/mol. The maximum Gasteiger partial charge on any atom is 0.266 e. The maximum atomic E-state index is 14.3. The summed E-state index contributed by atoms with van der Waals surface area (Å²) in [6, 6.07) is 17.8. The number of pyridine rings is 1. The second-order valence-electron chi connectivity index (χ2n) is 8.67. The number of hydrogen-bond donors (Lipinski definition) is 3. The van der Waals surface area contributed by atoms with Crippen molar-refractivity contribution in [3.8, 4) is 22.7 Å². The van der Waals surface area contributed by atoms with Gasteiger partial charge >= 0.3 is 0 Å². The van der Waals surface area contributed by atoms with Gasteiger partial charge in [-0.2, -0.15) is 4.98 Å². The van der Waals surface area contributed by atoms with Gasteiger partial charge in [0.2, 0.25) is 11.8 Å². The molecule has 0 saturated carbocycles. The van der Waals surface area contributed by atoms with Gasteiger partial charge in [-0.05, 0) is 42.3 Å². The summed E-state index contributed by atoms with van der Waals surface area (Å²) in [6.45, 7) is 1.83. The number of para-hydroxylation sites is 1. The minimum atomic E-state index is -0.565. The van der Waals surface area contributed by atoms with E-state index in [4.69, 9.17) is 15.5 Å². The van der Waals surface area contributed by atoms with Crippen molar-refractivity contribution in [1.82, 2.24) is 29.8 Å². The zero-order valence-electron chi connectivity index (χ0n) is 21.5. The van der Waals surface area contributed by atoms with Crippen molar-refractivity contribution < 1.29 is 9.53 Å². The number of rotatable bonds is 7. The number of nitrogens with zero attached hydrogens (tertiary/aromatic N) is 5. The zero-order chi connectivity index (χ0) is 27.5. The fourth-order valence-corrected chi connectivity index (χ4v) is 4.37. The lowest BCUT2D eigenvalue weighted by atomic mass is 10.0. The summed E-state index contributed by atoms with van der Waals surface area (Å²) in [4.78, 5) is 44.0. The van der Waals surface area contributed by atoms with Gasteiger partial charge < -0.3 is 21.1 Å². The third kappa shape index (κ3) is 4.85. The molecule has 0 aliphatic heterocycles. The van der Waals surface area contributed by atoms with Crippen molar-refractivity contribution in [3.63, 3.8) is 0 Å². The lowest BCUT2D eigenvalue weighted by Crippen LogP contribution is -2.28. The number of hydrogen-bond acceptors (Lipinski definition) is 9. The van der Waals surface area contributed by atoms with Crippen LogP contribution in [0.5, 0.6) is 5.88 Å². The Morgan fingerprint density at radius 1 is 1.05 bits per heavy atom. The van der Waals surface area contributed by atoms with Gasteiger partial charge in [0.05, 0.1) is 29.7 Å². The quantitative estimate of drug-likeness (QED) is 0.292. The highest BCUT2D eigenvalue weighted by Gasteiger charge is 2.22. The first-order chi connectivity index (χ1) is 18.9. The number of carbonyl (C=O) groups excluding carboxylic acids is 1. The van der Waals surface area contributed by atoms with Crippen LogP contribution in [0.15, 0.2) is 77.9 Å². The van der Waals surface area contributed by atoms with Crippen molar-refractivity contribution >= 4 is 28.6 Å². The van der Waals surface area contributed by atoms with Crippen molar-refractivity contribution in [2.45, 2.75) is 13.0 Å². The monoisotopic (exact) mass is 522 g/mol. The van der Waals surface area contributed by atoms with E-state index in [0.717, 1.165) is 5.56 Å². The Hall–Kier alpha value is -5.32. The normalized spacial score (nSPS) is 11.7. The van der Waals surface area contributed by atoms with E-state index in [0.29, 0.717) is 33.9 Å². The summed E-state index contributed by atoms with van der Waals surface area (Å²) in [6.07, 6.45) is 2.98. The van der Waals surface area contributed by atoms with Crippen molar-refractivity contribution in [1.29, 1.82) is 0 Å². The maximum absolute atomic E-state index is 14.3. The molecule has 0 aliphatic rings. The molecule has 1 unspecified atom stereocenters. The summed E-state index contributed by atoms with van der Waals surface area (Å²) in [7, 11) is 3.06. The topological polar surface area (TPSA) is 150 Å². The number of nitrogen functional groups attached to an aromatic ring is 1. The van der Waals surface area contributed by atoms with E-state index in [1.807, 2.05) is 55.5 Å². The highest BCUT2D eigenvalue weighted by atomic mass is 16.5. The van der Waals surface area contributed by atoms with Crippen LogP contribution < -0.4 is 26.7 Å². The predicted molar refractivity (Wildman–Crippen MR) is 149 cm³/mol. The molecule has 1 amide bonds. The minimum absolute atomic E-state index is 0.00157. The fraction of sp³-hybridized carbons (Fsp3) is 0.143. The number of anilines is 2. The van der Waals surface area contributed by atoms with Gasteiger partial charge in [0.1, 0.15) is 17.2 Å². The number of carbonyl (C=O) groups is 1. The molecule has 3 heterocycles. The Bertz CT molecular complexity index is 1740. The van der Waals surface area contributed by atoms with E-state index in [-0.39, 0.29) is 28.8 Å². The molecule has 2 aromatic carbocycles. The summed E-state index contributed by atoms with van der Waals surface area (Å²) >= 11 is 0. The van der Waals surface area contributed by atoms with Crippen LogP contribution >= 0.6 is 0 Å². The smallest absolute Gasteiger partial charge is 0.266 e. The van der Waals surface area contributed by atoms with E-state index in [9.17, 15) is 9.59 Å². The summed E-state index contributed by atoms with van der Waals surface area (Å²) < 4.78 is 6.86. The molecule has 0 spiro atoms. The number of amides is 1. The fourth-order valence-electron chi connectivity index (χ4n) is 4.37. The largest absolute Gasteiger partial charge is 0.481 e. The first kappa shape index (κ1) is 25.3. The highest BCUT2D eigenvalue weighted by molar-refractivity contribution is 5.98. The third-order valence-electron chi connectivity index (χ3n) is 6.21. The van der Waals surface area contributed by atoms with Crippen LogP contribution in [0, 0.1) is 0 Å². The molecule has 3 aromatic heterocycles. The first-order valence-corrected chi connectivity index (χ1v) is 12.1.